The first kappa shape index (κ1) is 21.0. The quantitative estimate of drug-likeness (QED) is 0.468. The van der Waals surface area contributed by atoms with Crippen molar-refractivity contribution in [3.63, 3.8) is 0 Å². The highest BCUT2D eigenvalue weighted by atomic mass is 32.1. The Morgan fingerprint density at radius 1 is 1.12 bits per heavy atom. The van der Waals surface area contributed by atoms with Crippen molar-refractivity contribution in [1.29, 1.82) is 0 Å². The average Bonchev–Trinajstić information content (AvgIpc) is 3.63. The van der Waals surface area contributed by atoms with Gasteiger partial charge >= 0.3 is 0 Å². The van der Waals surface area contributed by atoms with E-state index in [4.69, 9.17) is 10.7 Å². The molecule has 3 aliphatic rings. The number of rotatable bonds is 6. The summed E-state index contributed by atoms with van der Waals surface area (Å²) in [4.78, 5) is 40.5. The Balaban J connectivity index is 1.28. The van der Waals surface area contributed by atoms with Crippen LogP contribution in [0.5, 0.6) is 0 Å². The molecular formula is C24H25N7O2S. The third kappa shape index (κ3) is 3.67. The molecule has 4 atom stereocenters. The molecule has 4 N–H and O–H groups in total. The largest absolute Gasteiger partial charge is 0.369 e. The van der Waals surface area contributed by atoms with E-state index in [0.717, 1.165) is 42.7 Å². The molecular weight excluding hydrogens is 450 g/mol. The number of carbonyl (C=O) groups is 2. The molecule has 34 heavy (non-hydrogen) atoms. The van der Waals surface area contributed by atoms with E-state index < -0.39 is 0 Å². The Morgan fingerprint density at radius 2 is 1.94 bits per heavy atom. The molecule has 2 bridgehead atoms. The normalized spacial score (nSPS) is 25.2. The number of hydrogen-bond acceptors (Lipinski definition) is 8. The van der Waals surface area contributed by atoms with Crippen molar-refractivity contribution in [1.82, 2.24) is 19.9 Å². The number of fused-ring (bicyclic) bond motifs is 3. The zero-order valence-electron chi connectivity index (χ0n) is 18.5. The van der Waals surface area contributed by atoms with E-state index in [2.05, 4.69) is 32.8 Å². The van der Waals surface area contributed by atoms with Gasteiger partial charge in [0.1, 0.15) is 4.70 Å². The van der Waals surface area contributed by atoms with E-state index in [1.54, 1.807) is 5.51 Å². The van der Waals surface area contributed by atoms with Gasteiger partial charge in [-0.2, -0.15) is 9.97 Å². The molecule has 174 valence electrons. The molecule has 10 heteroatoms. The summed E-state index contributed by atoms with van der Waals surface area (Å²) in [6.07, 6.45) is 7.29. The molecule has 2 fully saturated rings. The van der Waals surface area contributed by atoms with Gasteiger partial charge in [0.05, 0.1) is 11.4 Å². The first-order chi connectivity index (χ1) is 16.6. The summed E-state index contributed by atoms with van der Waals surface area (Å²) in [6.45, 7) is 1.61. The van der Waals surface area contributed by atoms with Crippen molar-refractivity contribution in [2.45, 2.75) is 25.3 Å². The molecule has 1 aliphatic heterocycles. The number of nitrogens with two attached hydrogens (primary N) is 1. The van der Waals surface area contributed by atoms with E-state index in [9.17, 15) is 9.59 Å². The lowest BCUT2D eigenvalue weighted by molar-refractivity contribution is -0.122. The maximum atomic E-state index is 12.8. The van der Waals surface area contributed by atoms with Crippen molar-refractivity contribution in [2.24, 2.45) is 23.5 Å². The second-order valence-corrected chi connectivity index (χ2v) is 10.0. The summed E-state index contributed by atoms with van der Waals surface area (Å²) >= 11 is 1.45. The Bertz CT molecular complexity index is 1300. The molecule has 2 aromatic heterocycles. The predicted octanol–water partition coefficient (Wildman–Crippen LogP) is 3.15. The van der Waals surface area contributed by atoms with Crippen LogP contribution in [0.3, 0.4) is 0 Å². The van der Waals surface area contributed by atoms with Crippen molar-refractivity contribution >= 4 is 51.0 Å². The zero-order chi connectivity index (χ0) is 23.2. The average molecular weight is 476 g/mol. The van der Waals surface area contributed by atoms with Crippen LogP contribution in [-0.4, -0.2) is 50.8 Å². The first-order valence-corrected chi connectivity index (χ1v) is 12.5. The number of nitrogens with one attached hydrogen (secondary N) is 2. The summed E-state index contributed by atoms with van der Waals surface area (Å²) in [7, 11) is 0. The first-order valence-electron chi connectivity index (χ1n) is 11.6. The van der Waals surface area contributed by atoms with Gasteiger partial charge < -0.3 is 21.3 Å². The lowest BCUT2D eigenvalue weighted by Crippen LogP contribution is -2.41. The number of hydrogen-bond donors (Lipinski definition) is 3. The lowest BCUT2D eigenvalue weighted by Gasteiger charge is -2.27. The van der Waals surface area contributed by atoms with E-state index >= 15 is 0 Å². The number of likely N-dealkylation sites (tertiary alicyclic amines) is 1. The predicted molar refractivity (Wildman–Crippen MR) is 131 cm³/mol. The van der Waals surface area contributed by atoms with Gasteiger partial charge in [-0.15, -0.1) is 11.3 Å². The van der Waals surface area contributed by atoms with E-state index in [0.29, 0.717) is 23.0 Å². The van der Waals surface area contributed by atoms with Crippen LogP contribution in [-0.2, 0) is 4.79 Å². The van der Waals surface area contributed by atoms with Crippen LogP contribution in [0.4, 0.5) is 17.5 Å². The van der Waals surface area contributed by atoms with E-state index in [1.807, 2.05) is 29.2 Å². The number of aromatic nitrogens is 3. The molecule has 3 aromatic rings. The molecule has 2 aliphatic carbocycles. The van der Waals surface area contributed by atoms with Crippen LogP contribution < -0.4 is 16.4 Å². The fourth-order valence-corrected chi connectivity index (χ4v) is 6.12. The maximum absolute atomic E-state index is 12.8. The number of benzene rings is 1. The lowest BCUT2D eigenvalue weighted by atomic mass is 9.88. The van der Waals surface area contributed by atoms with Crippen molar-refractivity contribution < 1.29 is 9.59 Å². The minimum atomic E-state index is -0.290. The van der Waals surface area contributed by atoms with Crippen molar-refractivity contribution in [3.05, 3.63) is 47.5 Å². The second-order valence-electron chi connectivity index (χ2n) is 9.15. The Morgan fingerprint density at radius 3 is 2.76 bits per heavy atom. The molecule has 9 nitrogen and oxygen atoms in total. The third-order valence-corrected chi connectivity index (χ3v) is 7.87. The number of nitrogens with zero attached hydrogens (tertiary/aromatic N) is 4. The Hall–Kier alpha value is -3.53. The van der Waals surface area contributed by atoms with Gasteiger partial charge in [0.25, 0.3) is 5.91 Å². The summed E-state index contributed by atoms with van der Waals surface area (Å²) < 4.78 is 0.832. The Labute approximate surface area is 200 Å². The monoisotopic (exact) mass is 475 g/mol. The summed E-state index contributed by atoms with van der Waals surface area (Å²) in [5.74, 6) is 0.913. The summed E-state index contributed by atoms with van der Waals surface area (Å²) in [5, 5.41) is 6.72. The molecule has 0 spiro atoms. The SMILES string of the molecule is NC(=O)[C@@H]1[C@H](Nc2nc(Nc3cccc(C(=O)N4CCCC4)c3)nc3ncsc23)[C@H]2C=C[C@@H]1C2. The van der Waals surface area contributed by atoms with Crippen LogP contribution >= 0.6 is 11.3 Å². The number of carbonyl (C=O) groups excluding carboxylic acids is 2. The molecule has 6 rings (SSSR count). The van der Waals surface area contributed by atoms with Crippen molar-refractivity contribution in [2.75, 3.05) is 23.7 Å². The van der Waals surface area contributed by atoms with Crippen LogP contribution in [0.2, 0.25) is 0 Å². The van der Waals surface area contributed by atoms with Crippen LogP contribution in [0.1, 0.15) is 29.6 Å². The number of amides is 2. The number of anilines is 3. The molecule has 0 radical (unpaired) electrons. The molecule has 1 saturated heterocycles. The minimum Gasteiger partial charge on any atom is -0.369 e. The molecule has 2 amide bonds. The summed E-state index contributed by atoms with van der Waals surface area (Å²) in [6, 6.07) is 7.28. The highest BCUT2D eigenvalue weighted by Crippen LogP contribution is 2.45. The molecule has 1 aromatic carbocycles. The van der Waals surface area contributed by atoms with Gasteiger partial charge in [0, 0.05) is 30.4 Å². The van der Waals surface area contributed by atoms with Gasteiger partial charge in [-0.25, -0.2) is 4.98 Å². The van der Waals surface area contributed by atoms with Crippen molar-refractivity contribution in [3.8, 4) is 0 Å². The maximum Gasteiger partial charge on any atom is 0.253 e. The van der Waals surface area contributed by atoms with Gasteiger partial charge in [-0.1, -0.05) is 18.2 Å². The standard InChI is InChI=1S/C24H25N7O2S/c25-20(32)17-13-6-7-14(10-13)18(17)28-22-19-21(26-12-34-19)29-24(30-22)27-16-5-3-4-15(11-16)23(33)31-8-1-2-9-31/h3-7,11-14,17-18H,1-2,8-10H2,(H2,25,32)(H2,27,28,29,30)/t13-,14+,17+,18-/m1/s1. The zero-order valence-corrected chi connectivity index (χ0v) is 19.3. The fourth-order valence-electron chi connectivity index (χ4n) is 5.44. The molecule has 0 unspecified atom stereocenters. The highest BCUT2D eigenvalue weighted by Gasteiger charge is 2.47. The molecule has 3 heterocycles. The van der Waals surface area contributed by atoms with Gasteiger partial charge in [-0.05, 0) is 49.3 Å². The third-order valence-electron chi connectivity index (χ3n) is 7.04. The van der Waals surface area contributed by atoms with Crippen LogP contribution in [0.15, 0.2) is 41.9 Å². The van der Waals surface area contributed by atoms with Crippen LogP contribution in [0, 0.1) is 17.8 Å². The fraction of sp³-hybridized carbons (Fsp3) is 0.375. The highest BCUT2D eigenvalue weighted by molar-refractivity contribution is 7.17. The van der Waals surface area contributed by atoms with Gasteiger partial charge in [0.15, 0.2) is 11.5 Å². The van der Waals surface area contributed by atoms with E-state index in [-0.39, 0.29) is 35.6 Å². The van der Waals surface area contributed by atoms with Crippen LogP contribution in [0.25, 0.3) is 10.3 Å². The van der Waals surface area contributed by atoms with Gasteiger partial charge in [0.2, 0.25) is 11.9 Å². The smallest absolute Gasteiger partial charge is 0.253 e. The second kappa shape index (κ2) is 8.35. The number of primary amides is 1. The molecule has 1 saturated carbocycles. The topological polar surface area (TPSA) is 126 Å². The summed E-state index contributed by atoms with van der Waals surface area (Å²) in [5.41, 5.74) is 9.41. The Kier molecular flexibility index (Phi) is 5.17. The number of allylic oxidation sites excluding steroid dienone is 1. The van der Waals surface area contributed by atoms with E-state index in [1.165, 1.54) is 11.3 Å². The number of thiazole rings is 1. The minimum absolute atomic E-state index is 0.0428. The van der Waals surface area contributed by atoms with Gasteiger partial charge in [-0.3, -0.25) is 9.59 Å².